The maximum absolute atomic E-state index is 12.2. The van der Waals surface area contributed by atoms with E-state index in [1.54, 1.807) is 30.3 Å². The van der Waals surface area contributed by atoms with Gasteiger partial charge in [0.15, 0.2) is 0 Å². The Balaban J connectivity index is 1.93. The average Bonchev–Trinajstić information content (AvgIpc) is 3.33. The lowest BCUT2D eigenvalue weighted by Crippen LogP contribution is -2.13. The number of carbonyl (C=O) groups is 1. The monoisotopic (exact) mass is 418 g/mol. The van der Waals surface area contributed by atoms with Crippen LogP contribution in [-0.4, -0.2) is 20.6 Å². The van der Waals surface area contributed by atoms with Crippen LogP contribution in [0.5, 0.6) is 0 Å². The lowest BCUT2D eigenvalue weighted by molar-refractivity contribution is 0.100. The van der Waals surface area contributed by atoms with E-state index in [9.17, 15) is 13.2 Å². The van der Waals surface area contributed by atoms with E-state index in [1.807, 2.05) is 6.07 Å². The maximum Gasteiger partial charge on any atom is 0.253 e. The normalized spacial score (nSPS) is 14.4. The van der Waals surface area contributed by atoms with E-state index in [2.05, 4.69) is 4.72 Å². The molecular formula is C20H19ClN2O4S. The number of hydrogen-bond acceptors (Lipinski definition) is 4. The Labute approximate surface area is 167 Å². The molecule has 0 spiro atoms. The van der Waals surface area contributed by atoms with Crippen LogP contribution in [-0.2, 0) is 16.4 Å². The zero-order chi connectivity index (χ0) is 20.1. The molecule has 2 aromatic carbocycles. The molecule has 28 heavy (non-hydrogen) atoms. The van der Waals surface area contributed by atoms with E-state index in [-0.39, 0.29) is 5.56 Å². The SMILES string of the molecule is CS(=O)(=O)Nc1cc2oc(-c3ccc(Cl)cc3)c(C(N)=O)c2cc1CC1CC1. The minimum atomic E-state index is -3.46. The standard InChI is InChI=1S/C20H19ClN2O4S/c1-28(25,26)23-16-10-17-15(9-13(16)8-11-2-3-11)18(20(22)24)19(27-17)12-4-6-14(21)7-5-12/h4-7,9-11,23H,2-3,8H2,1H3,(H2,22,24). The number of sulfonamides is 1. The highest BCUT2D eigenvalue weighted by Crippen LogP contribution is 2.40. The van der Waals surface area contributed by atoms with Gasteiger partial charge < -0.3 is 10.2 Å². The molecule has 0 atom stereocenters. The molecule has 0 bridgehead atoms. The second kappa shape index (κ2) is 6.83. The number of nitrogens with one attached hydrogen (secondary N) is 1. The predicted molar refractivity (Wildman–Crippen MR) is 110 cm³/mol. The number of furan rings is 1. The van der Waals surface area contributed by atoms with Crippen molar-refractivity contribution in [2.75, 3.05) is 11.0 Å². The van der Waals surface area contributed by atoms with Crippen LogP contribution >= 0.6 is 11.6 Å². The molecular weight excluding hydrogens is 400 g/mol. The third kappa shape index (κ3) is 3.86. The van der Waals surface area contributed by atoms with Crippen molar-refractivity contribution < 1.29 is 17.6 Å². The highest BCUT2D eigenvalue weighted by molar-refractivity contribution is 7.92. The summed E-state index contributed by atoms with van der Waals surface area (Å²) in [4.78, 5) is 12.2. The van der Waals surface area contributed by atoms with Crippen molar-refractivity contribution >= 4 is 44.2 Å². The van der Waals surface area contributed by atoms with Crippen LogP contribution in [0, 0.1) is 5.92 Å². The van der Waals surface area contributed by atoms with E-state index >= 15 is 0 Å². The third-order valence-electron chi connectivity index (χ3n) is 4.77. The number of fused-ring (bicyclic) bond motifs is 1. The molecule has 1 fully saturated rings. The van der Waals surface area contributed by atoms with Gasteiger partial charge in [-0.15, -0.1) is 0 Å². The zero-order valence-corrected chi connectivity index (χ0v) is 16.7. The molecule has 8 heteroatoms. The zero-order valence-electron chi connectivity index (χ0n) is 15.2. The van der Waals surface area contributed by atoms with Crippen molar-refractivity contribution in [2.45, 2.75) is 19.3 Å². The average molecular weight is 419 g/mol. The number of carbonyl (C=O) groups excluding carboxylic acids is 1. The molecule has 3 N–H and O–H groups in total. The summed E-state index contributed by atoms with van der Waals surface area (Å²) in [6.45, 7) is 0. The van der Waals surface area contributed by atoms with Crippen molar-refractivity contribution in [2.24, 2.45) is 11.7 Å². The summed E-state index contributed by atoms with van der Waals surface area (Å²) in [5.41, 5.74) is 8.29. The number of nitrogens with two attached hydrogens (primary N) is 1. The number of amides is 1. The van der Waals surface area contributed by atoms with Crippen LogP contribution in [0.1, 0.15) is 28.8 Å². The van der Waals surface area contributed by atoms with Crippen LogP contribution in [0.2, 0.25) is 5.02 Å². The Morgan fingerprint density at radius 1 is 1.25 bits per heavy atom. The fourth-order valence-electron chi connectivity index (χ4n) is 3.33. The van der Waals surface area contributed by atoms with Gasteiger partial charge in [0.05, 0.1) is 17.5 Å². The minimum Gasteiger partial charge on any atom is -0.455 e. The van der Waals surface area contributed by atoms with Crippen molar-refractivity contribution in [3.63, 3.8) is 0 Å². The highest BCUT2D eigenvalue weighted by Gasteiger charge is 2.26. The molecule has 1 aliphatic rings. The molecule has 146 valence electrons. The summed E-state index contributed by atoms with van der Waals surface area (Å²) in [7, 11) is -3.46. The third-order valence-corrected chi connectivity index (χ3v) is 5.61. The van der Waals surface area contributed by atoms with E-state index in [0.29, 0.717) is 38.9 Å². The van der Waals surface area contributed by atoms with Gasteiger partial charge in [-0.05, 0) is 61.1 Å². The number of rotatable bonds is 6. The summed E-state index contributed by atoms with van der Waals surface area (Å²) < 4.78 is 32.1. The number of halogens is 1. The first-order valence-corrected chi connectivity index (χ1v) is 11.1. The van der Waals surface area contributed by atoms with Crippen molar-refractivity contribution in [1.82, 2.24) is 0 Å². The summed E-state index contributed by atoms with van der Waals surface area (Å²) in [5, 5.41) is 1.14. The molecule has 1 amide bonds. The molecule has 1 heterocycles. The molecule has 1 aromatic heterocycles. The molecule has 0 saturated heterocycles. The summed E-state index contributed by atoms with van der Waals surface area (Å²) in [6.07, 6.45) is 4.06. The van der Waals surface area contributed by atoms with E-state index < -0.39 is 15.9 Å². The van der Waals surface area contributed by atoms with E-state index in [1.165, 1.54) is 0 Å². The number of anilines is 1. The maximum atomic E-state index is 12.2. The lowest BCUT2D eigenvalue weighted by atomic mass is 10.0. The van der Waals surface area contributed by atoms with Gasteiger partial charge in [-0.2, -0.15) is 0 Å². The second-order valence-electron chi connectivity index (χ2n) is 7.20. The van der Waals surface area contributed by atoms with Crippen molar-refractivity contribution in [3.05, 3.63) is 52.5 Å². The van der Waals surface area contributed by atoms with Gasteiger partial charge in [0, 0.05) is 22.0 Å². The Hall–Kier alpha value is -2.51. The molecule has 0 radical (unpaired) electrons. The summed E-state index contributed by atoms with van der Waals surface area (Å²) in [5.74, 6) is 0.259. The van der Waals surface area contributed by atoms with Gasteiger partial charge in [-0.3, -0.25) is 9.52 Å². The predicted octanol–water partition coefficient (Wildman–Crippen LogP) is 4.18. The fraction of sp³-hybridized carbons (Fsp3) is 0.250. The summed E-state index contributed by atoms with van der Waals surface area (Å²) in [6, 6.07) is 10.3. The highest BCUT2D eigenvalue weighted by atomic mass is 35.5. The number of primary amides is 1. The quantitative estimate of drug-likeness (QED) is 0.626. The van der Waals surface area contributed by atoms with Gasteiger partial charge >= 0.3 is 0 Å². The number of benzene rings is 2. The van der Waals surface area contributed by atoms with E-state index in [4.69, 9.17) is 21.8 Å². The Morgan fingerprint density at radius 2 is 1.93 bits per heavy atom. The van der Waals surface area contributed by atoms with Crippen LogP contribution in [0.4, 0.5) is 5.69 Å². The molecule has 3 aromatic rings. The van der Waals surface area contributed by atoms with Gasteiger partial charge in [0.2, 0.25) is 10.0 Å². The van der Waals surface area contributed by atoms with Crippen LogP contribution in [0.25, 0.3) is 22.3 Å². The Morgan fingerprint density at radius 3 is 2.50 bits per heavy atom. The first-order valence-electron chi connectivity index (χ1n) is 8.84. The van der Waals surface area contributed by atoms with Gasteiger partial charge in [-0.1, -0.05) is 11.6 Å². The molecule has 6 nitrogen and oxygen atoms in total. The topological polar surface area (TPSA) is 102 Å². The molecule has 1 aliphatic carbocycles. The van der Waals surface area contributed by atoms with Gasteiger partial charge in [0.1, 0.15) is 11.3 Å². The molecule has 0 aliphatic heterocycles. The van der Waals surface area contributed by atoms with Crippen LogP contribution in [0.15, 0.2) is 40.8 Å². The van der Waals surface area contributed by atoms with Crippen molar-refractivity contribution in [3.8, 4) is 11.3 Å². The first-order chi connectivity index (χ1) is 13.2. The second-order valence-corrected chi connectivity index (χ2v) is 9.39. The van der Waals surface area contributed by atoms with Gasteiger partial charge in [-0.25, -0.2) is 8.42 Å². The Kier molecular flexibility index (Phi) is 4.59. The van der Waals surface area contributed by atoms with Crippen LogP contribution in [0.3, 0.4) is 0 Å². The molecule has 0 unspecified atom stereocenters. The van der Waals surface area contributed by atoms with E-state index in [0.717, 1.165) is 31.1 Å². The molecule has 1 saturated carbocycles. The fourth-order valence-corrected chi connectivity index (χ4v) is 4.05. The lowest BCUT2D eigenvalue weighted by Gasteiger charge is -2.11. The van der Waals surface area contributed by atoms with Crippen molar-refractivity contribution in [1.29, 1.82) is 0 Å². The summed E-state index contributed by atoms with van der Waals surface area (Å²) >= 11 is 5.95. The minimum absolute atomic E-state index is 0.278. The smallest absolute Gasteiger partial charge is 0.253 e. The van der Waals surface area contributed by atoms with Crippen LogP contribution < -0.4 is 10.5 Å². The molecule has 4 rings (SSSR count). The Bertz CT molecular complexity index is 1180. The first kappa shape index (κ1) is 18.8. The van der Waals surface area contributed by atoms with Gasteiger partial charge in [0.25, 0.3) is 5.91 Å². The number of hydrogen-bond donors (Lipinski definition) is 2. The largest absolute Gasteiger partial charge is 0.455 e.